The van der Waals surface area contributed by atoms with Gasteiger partial charge in [0.2, 0.25) is 6.41 Å². The molecule has 1 aliphatic heterocycles. The monoisotopic (exact) mass is 580 g/mol. The van der Waals surface area contributed by atoms with Gasteiger partial charge in [-0.3, -0.25) is 9.59 Å². The molecule has 5 rings (SSSR count). The number of Topliss-reactive ketones (excluding diaryl/α,β-unsaturated/α-hetero) is 1. The average Bonchev–Trinajstić information content (AvgIpc) is 3.95. The molecule has 8 heteroatoms. The van der Waals surface area contributed by atoms with Crippen molar-refractivity contribution in [3.05, 3.63) is 35.8 Å². The molecule has 0 unspecified atom stereocenters. The summed E-state index contributed by atoms with van der Waals surface area (Å²) in [4.78, 5) is 30.4. The summed E-state index contributed by atoms with van der Waals surface area (Å²) in [5.74, 6) is 1.37. The van der Waals surface area contributed by atoms with E-state index < -0.39 is 0 Å². The van der Waals surface area contributed by atoms with Crippen LogP contribution in [0, 0.1) is 10.8 Å². The molecule has 2 heterocycles. The molecular weight excluding hydrogens is 524 g/mol. The zero-order valence-electron chi connectivity index (χ0n) is 26.6. The molecule has 0 bridgehead atoms. The predicted octanol–water partition coefficient (Wildman–Crippen LogP) is 7.13. The molecule has 8 nitrogen and oxygen atoms in total. The number of aryl methyl sites for hydroxylation is 1. The van der Waals surface area contributed by atoms with Crippen LogP contribution in [0.5, 0.6) is 0 Å². The van der Waals surface area contributed by atoms with Gasteiger partial charge in [0.1, 0.15) is 11.6 Å². The number of benzene rings is 1. The van der Waals surface area contributed by atoms with Gasteiger partial charge in [-0.15, -0.1) is 0 Å². The summed E-state index contributed by atoms with van der Waals surface area (Å²) in [5.41, 5.74) is 9.05. The Hall–Kier alpha value is -3.00. The van der Waals surface area contributed by atoms with Gasteiger partial charge in [0, 0.05) is 48.3 Å². The Labute approximate surface area is 254 Å². The van der Waals surface area contributed by atoms with Gasteiger partial charge >= 0.3 is 0 Å². The van der Waals surface area contributed by atoms with Crippen molar-refractivity contribution in [2.75, 3.05) is 25.0 Å². The lowest BCUT2D eigenvalue weighted by molar-refractivity contribution is -0.118. The molecule has 0 atom stereocenters. The van der Waals surface area contributed by atoms with Crippen LogP contribution >= 0.6 is 0 Å². The number of unbranched alkanes of at least 4 members (excludes halogenated alkanes) is 3. The van der Waals surface area contributed by atoms with E-state index in [4.69, 9.17) is 10.2 Å². The molecule has 1 amide bonds. The van der Waals surface area contributed by atoms with Crippen LogP contribution in [0.2, 0.25) is 0 Å². The van der Waals surface area contributed by atoms with E-state index in [1.54, 1.807) is 0 Å². The van der Waals surface area contributed by atoms with Crippen LogP contribution in [0.25, 0.3) is 11.3 Å². The van der Waals surface area contributed by atoms with E-state index in [0.717, 1.165) is 72.3 Å². The van der Waals surface area contributed by atoms with Gasteiger partial charge in [-0.25, -0.2) is 4.98 Å². The number of carbonyl (C=O) groups is 2. The van der Waals surface area contributed by atoms with Crippen molar-refractivity contribution in [3.8, 4) is 11.3 Å². The lowest BCUT2D eigenvalue weighted by Crippen LogP contribution is -2.34. The summed E-state index contributed by atoms with van der Waals surface area (Å²) < 4.78 is 0. The van der Waals surface area contributed by atoms with Gasteiger partial charge in [-0.05, 0) is 88.5 Å². The number of rotatable bonds is 13. The Kier molecular flexibility index (Phi) is 16.1. The van der Waals surface area contributed by atoms with Crippen LogP contribution in [-0.2, 0) is 16.0 Å². The zero-order chi connectivity index (χ0) is 30.8. The van der Waals surface area contributed by atoms with Gasteiger partial charge in [0.05, 0.1) is 11.9 Å². The first-order chi connectivity index (χ1) is 20.5. The first kappa shape index (κ1) is 35.2. The van der Waals surface area contributed by atoms with Gasteiger partial charge in [-0.2, -0.15) is 0 Å². The highest BCUT2D eigenvalue weighted by Gasteiger charge is 2.43. The Morgan fingerprint density at radius 1 is 1.12 bits per heavy atom. The van der Waals surface area contributed by atoms with E-state index in [2.05, 4.69) is 45.0 Å². The molecule has 3 fully saturated rings. The lowest BCUT2D eigenvalue weighted by Gasteiger charge is -2.30. The number of amides is 1. The summed E-state index contributed by atoms with van der Waals surface area (Å²) >= 11 is 0. The Morgan fingerprint density at radius 3 is 2.36 bits per heavy atom. The number of nitrogens with one attached hydrogen (secondary N) is 3. The van der Waals surface area contributed by atoms with Crippen LogP contribution in [0.4, 0.5) is 5.69 Å². The second-order valence-electron chi connectivity index (χ2n) is 11.5. The standard InChI is InChI=1S/C22H30N4O.C9H17N.C2H6.CH3NO/c1-2-19(27)7-5-3-4-6-8-22-24-15-21(26-22)16-9-12-20(17(13-16)14-23)25-18-10-11-18;1-2-10-7-5-9(3-4-9)6-8-10;1-2;2-1-3/h9,12-15,18,23,25H,2-8,10-11H2,1H3,(H,24,26);2-8H2,1H3;1-2H3;1H,(H2,2,3). The maximum absolute atomic E-state index is 11.3. The number of nitrogens with two attached hydrogens (primary N) is 1. The predicted molar refractivity (Wildman–Crippen MR) is 175 cm³/mol. The van der Waals surface area contributed by atoms with Gasteiger partial charge in [0.15, 0.2) is 0 Å². The van der Waals surface area contributed by atoms with E-state index >= 15 is 0 Å². The van der Waals surface area contributed by atoms with Crippen molar-refractivity contribution in [2.24, 2.45) is 11.1 Å². The highest BCUT2D eigenvalue weighted by Crippen LogP contribution is 2.53. The van der Waals surface area contributed by atoms with Crippen molar-refractivity contribution in [1.82, 2.24) is 14.9 Å². The van der Waals surface area contributed by atoms with Crippen molar-refractivity contribution in [3.63, 3.8) is 0 Å². The number of piperidine rings is 1. The third-order valence-corrected chi connectivity index (χ3v) is 8.42. The Morgan fingerprint density at radius 2 is 1.79 bits per heavy atom. The van der Waals surface area contributed by atoms with E-state index in [0.29, 0.717) is 18.2 Å². The summed E-state index contributed by atoms with van der Waals surface area (Å²) in [6.07, 6.45) is 18.7. The first-order valence-electron chi connectivity index (χ1n) is 16.3. The number of imidazole rings is 1. The summed E-state index contributed by atoms with van der Waals surface area (Å²) in [7, 11) is 0. The molecule has 234 valence electrons. The number of carbonyl (C=O) groups excluding carboxylic acids is 2. The quantitative estimate of drug-likeness (QED) is 0.114. The van der Waals surface area contributed by atoms with Crippen LogP contribution in [0.3, 0.4) is 0 Å². The van der Waals surface area contributed by atoms with E-state index in [1.165, 1.54) is 64.4 Å². The van der Waals surface area contributed by atoms with Gasteiger partial charge < -0.3 is 26.3 Å². The SMILES string of the molecule is CC.CCC(=O)CCCCCCc1ncc(-c2ccc(NC3CC3)c(C=N)c2)[nH]1.CCN1CCC2(CC1)CC2.NC=O. The van der Waals surface area contributed by atoms with E-state index in [9.17, 15) is 4.79 Å². The number of ketones is 1. The summed E-state index contributed by atoms with van der Waals surface area (Å²) in [5, 5.41) is 11.2. The van der Waals surface area contributed by atoms with Crippen LogP contribution in [0.15, 0.2) is 24.4 Å². The van der Waals surface area contributed by atoms with Crippen molar-refractivity contribution < 1.29 is 9.59 Å². The Balaban J connectivity index is 0.000000337. The molecule has 0 radical (unpaired) electrons. The minimum atomic E-state index is 0.250. The summed E-state index contributed by atoms with van der Waals surface area (Å²) in [6, 6.07) is 6.76. The molecule has 1 spiro atoms. The third kappa shape index (κ3) is 12.5. The number of hydrogen-bond acceptors (Lipinski definition) is 6. The molecule has 5 N–H and O–H groups in total. The maximum Gasteiger partial charge on any atom is 0.204 e. The molecule has 1 aromatic heterocycles. The van der Waals surface area contributed by atoms with Crippen molar-refractivity contribution >= 4 is 24.1 Å². The van der Waals surface area contributed by atoms with Gasteiger partial charge in [0.25, 0.3) is 0 Å². The average molecular weight is 581 g/mol. The normalized spacial score (nSPS) is 16.5. The number of anilines is 1. The summed E-state index contributed by atoms with van der Waals surface area (Å²) in [6.45, 7) is 12.2. The van der Waals surface area contributed by atoms with Crippen molar-refractivity contribution in [2.45, 2.75) is 117 Å². The van der Waals surface area contributed by atoms with Gasteiger partial charge in [-0.1, -0.05) is 46.6 Å². The number of H-pyrrole nitrogens is 1. The number of hydrogen-bond donors (Lipinski definition) is 4. The molecule has 42 heavy (non-hydrogen) atoms. The second-order valence-corrected chi connectivity index (χ2v) is 11.5. The first-order valence-corrected chi connectivity index (χ1v) is 16.3. The fourth-order valence-electron chi connectivity index (χ4n) is 5.23. The smallest absolute Gasteiger partial charge is 0.204 e. The number of nitrogens with zero attached hydrogens (tertiary/aromatic N) is 2. The molecule has 2 aromatic rings. The number of aromatic amines is 1. The minimum absolute atomic E-state index is 0.250. The molecule has 3 aliphatic rings. The topological polar surface area (TPSA) is 128 Å². The molecule has 1 aromatic carbocycles. The zero-order valence-corrected chi connectivity index (χ0v) is 26.6. The Bertz CT molecular complexity index is 1060. The number of primary amides is 1. The molecule has 1 saturated heterocycles. The van der Waals surface area contributed by atoms with Crippen LogP contribution < -0.4 is 11.1 Å². The van der Waals surface area contributed by atoms with E-state index in [-0.39, 0.29) is 6.41 Å². The fourth-order valence-corrected chi connectivity index (χ4v) is 5.23. The van der Waals surface area contributed by atoms with Crippen molar-refractivity contribution in [1.29, 1.82) is 5.41 Å². The number of likely N-dealkylation sites (tertiary alicyclic amines) is 1. The van der Waals surface area contributed by atoms with Crippen LogP contribution in [0.1, 0.15) is 116 Å². The fraction of sp³-hybridized carbons (Fsp3) is 0.647. The highest BCUT2D eigenvalue weighted by molar-refractivity contribution is 5.88. The largest absolute Gasteiger partial charge is 0.382 e. The maximum atomic E-state index is 11.3. The van der Waals surface area contributed by atoms with Crippen LogP contribution in [-0.4, -0.2) is 59.0 Å². The lowest BCUT2D eigenvalue weighted by atomic mass is 9.94. The number of aromatic nitrogens is 2. The second kappa shape index (κ2) is 19.2. The minimum Gasteiger partial charge on any atom is -0.382 e. The molecule has 2 saturated carbocycles. The molecule has 2 aliphatic carbocycles. The highest BCUT2D eigenvalue weighted by atomic mass is 16.1. The van der Waals surface area contributed by atoms with E-state index in [1.807, 2.05) is 33.0 Å². The molecular formula is C34H56N6O2. The third-order valence-electron chi connectivity index (χ3n) is 8.42.